The van der Waals surface area contributed by atoms with Crippen molar-refractivity contribution in [2.24, 2.45) is 5.10 Å². The minimum Gasteiger partial charge on any atom is -0.504 e. The second kappa shape index (κ2) is 8.96. The fourth-order valence-corrected chi connectivity index (χ4v) is 1.68. The number of para-hydroxylation sites is 1. The van der Waals surface area contributed by atoms with Crippen molar-refractivity contribution in [1.29, 1.82) is 0 Å². The molecular formula is C15H22N2O3. The van der Waals surface area contributed by atoms with Crippen LogP contribution in [0.15, 0.2) is 23.3 Å². The first-order valence-corrected chi connectivity index (χ1v) is 6.95. The molecule has 5 heteroatoms. The lowest BCUT2D eigenvalue weighted by molar-refractivity contribution is -0.121. The summed E-state index contributed by atoms with van der Waals surface area (Å²) in [4.78, 5) is 11.5. The van der Waals surface area contributed by atoms with E-state index in [2.05, 4.69) is 17.5 Å². The van der Waals surface area contributed by atoms with Gasteiger partial charge in [-0.05, 0) is 25.5 Å². The first kappa shape index (κ1) is 16.0. The Morgan fingerprint density at radius 2 is 2.20 bits per heavy atom. The Hall–Kier alpha value is -2.04. The van der Waals surface area contributed by atoms with Gasteiger partial charge >= 0.3 is 0 Å². The van der Waals surface area contributed by atoms with E-state index in [1.54, 1.807) is 18.2 Å². The fraction of sp³-hybridized carbons (Fsp3) is 0.467. The molecule has 0 saturated carbocycles. The number of ether oxygens (including phenoxy) is 1. The maximum Gasteiger partial charge on any atom is 0.240 e. The van der Waals surface area contributed by atoms with Crippen molar-refractivity contribution in [3.8, 4) is 11.5 Å². The van der Waals surface area contributed by atoms with Crippen LogP contribution in [0.2, 0.25) is 0 Å². The van der Waals surface area contributed by atoms with Gasteiger partial charge in [-0.25, -0.2) is 5.43 Å². The molecule has 0 atom stereocenters. The van der Waals surface area contributed by atoms with Gasteiger partial charge in [0.2, 0.25) is 5.91 Å². The second-order valence-electron chi connectivity index (χ2n) is 4.38. The number of benzene rings is 1. The van der Waals surface area contributed by atoms with E-state index >= 15 is 0 Å². The summed E-state index contributed by atoms with van der Waals surface area (Å²) in [5, 5.41) is 13.8. The number of carbonyl (C=O) groups is 1. The largest absolute Gasteiger partial charge is 0.504 e. The number of rotatable bonds is 8. The highest BCUT2D eigenvalue weighted by Crippen LogP contribution is 2.28. The van der Waals surface area contributed by atoms with Crippen molar-refractivity contribution in [2.45, 2.75) is 39.5 Å². The van der Waals surface area contributed by atoms with Gasteiger partial charge < -0.3 is 9.84 Å². The number of aromatic hydroxyl groups is 1. The maximum absolute atomic E-state index is 11.5. The van der Waals surface area contributed by atoms with Crippen LogP contribution in [0, 0.1) is 0 Å². The Balaban J connectivity index is 2.53. The molecule has 1 amide bonds. The van der Waals surface area contributed by atoms with Crippen LogP contribution >= 0.6 is 0 Å². The summed E-state index contributed by atoms with van der Waals surface area (Å²) in [5.41, 5.74) is 2.95. The van der Waals surface area contributed by atoms with Gasteiger partial charge in [-0.1, -0.05) is 25.8 Å². The number of amides is 1. The van der Waals surface area contributed by atoms with Gasteiger partial charge in [-0.2, -0.15) is 5.10 Å². The molecule has 0 aliphatic rings. The Kier molecular flexibility index (Phi) is 7.17. The summed E-state index contributed by atoms with van der Waals surface area (Å²) < 4.78 is 5.27. The molecule has 1 aromatic rings. The van der Waals surface area contributed by atoms with Crippen molar-refractivity contribution in [3.63, 3.8) is 0 Å². The van der Waals surface area contributed by atoms with Crippen molar-refractivity contribution >= 4 is 12.1 Å². The molecule has 0 fully saturated rings. The SMILES string of the molecule is CCCCCC(=O)NN=Cc1cccc(OCC)c1O. The van der Waals surface area contributed by atoms with Crippen LogP contribution in [0.5, 0.6) is 11.5 Å². The van der Waals surface area contributed by atoms with Crippen molar-refractivity contribution < 1.29 is 14.6 Å². The zero-order valence-electron chi connectivity index (χ0n) is 12.1. The summed E-state index contributed by atoms with van der Waals surface area (Å²) in [5.74, 6) is 0.319. The van der Waals surface area contributed by atoms with Crippen LogP contribution in [0.1, 0.15) is 45.1 Å². The monoisotopic (exact) mass is 278 g/mol. The molecule has 0 radical (unpaired) electrons. The number of nitrogens with one attached hydrogen (secondary N) is 1. The third-order valence-corrected chi connectivity index (χ3v) is 2.73. The smallest absolute Gasteiger partial charge is 0.240 e. The molecule has 0 aromatic heterocycles. The van der Waals surface area contributed by atoms with E-state index in [-0.39, 0.29) is 11.7 Å². The highest BCUT2D eigenvalue weighted by Gasteiger charge is 2.05. The summed E-state index contributed by atoms with van der Waals surface area (Å²) in [7, 11) is 0. The average molecular weight is 278 g/mol. The molecule has 110 valence electrons. The van der Waals surface area contributed by atoms with Crippen LogP contribution in [-0.2, 0) is 4.79 Å². The maximum atomic E-state index is 11.5. The minimum atomic E-state index is -0.116. The van der Waals surface area contributed by atoms with E-state index in [1.165, 1.54) is 6.21 Å². The van der Waals surface area contributed by atoms with Crippen molar-refractivity contribution in [2.75, 3.05) is 6.61 Å². The van der Waals surface area contributed by atoms with Crippen LogP contribution in [0.25, 0.3) is 0 Å². The zero-order chi connectivity index (χ0) is 14.8. The number of phenols is 1. The summed E-state index contributed by atoms with van der Waals surface area (Å²) in [6, 6.07) is 5.14. The molecule has 5 nitrogen and oxygen atoms in total. The highest BCUT2D eigenvalue weighted by atomic mass is 16.5. The second-order valence-corrected chi connectivity index (χ2v) is 4.38. The quantitative estimate of drug-likeness (QED) is 0.436. The standard InChI is InChI=1S/C15H22N2O3/c1-3-5-6-10-14(18)17-16-11-12-8-7-9-13(15(12)19)20-4-2/h7-9,11,19H,3-6,10H2,1-2H3,(H,17,18). The molecule has 0 heterocycles. The van der Waals surface area contributed by atoms with E-state index in [1.807, 2.05) is 6.92 Å². The Bertz CT molecular complexity index is 458. The molecule has 20 heavy (non-hydrogen) atoms. The van der Waals surface area contributed by atoms with Crippen molar-refractivity contribution in [1.82, 2.24) is 5.43 Å². The van der Waals surface area contributed by atoms with Gasteiger partial charge in [0.1, 0.15) is 0 Å². The van der Waals surface area contributed by atoms with Crippen molar-refractivity contribution in [3.05, 3.63) is 23.8 Å². The van der Waals surface area contributed by atoms with E-state index in [9.17, 15) is 9.90 Å². The molecule has 0 spiro atoms. The molecule has 0 aliphatic heterocycles. The van der Waals surface area contributed by atoms with Crippen LogP contribution in [0.4, 0.5) is 0 Å². The van der Waals surface area contributed by atoms with Gasteiger partial charge in [0.25, 0.3) is 0 Å². The molecule has 1 rings (SSSR count). The first-order valence-electron chi connectivity index (χ1n) is 6.95. The van der Waals surface area contributed by atoms with Gasteiger partial charge in [0, 0.05) is 12.0 Å². The molecule has 0 aliphatic carbocycles. The first-order chi connectivity index (χ1) is 9.69. The normalized spacial score (nSPS) is 10.7. The predicted molar refractivity (Wildman–Crippen MR) is 79.2 cm³/mol. The lowest BCUT2D eigenvalue weighted by Crippen LogP contribution is -2.16. The van der Waals surface area contributed by atoms with Gasteiger partial charge in [0.15, 0.2) is 11.5 Å². The Morgan fingerprint density at radius 3 is 2.90 bits per heavy atom. The van der Waals surface area contributed by atoms with Gasteiger partial charge in [-0.3, -0.25) is 4.79 Å². The fourth-order valence-electron chi connectivity index (χ4n) is 1.68. The number of carbonyl (C=O) groups excluding carboxylic acids is 1. The predicted octanol–water partition coefficient (Wildman–Crippen LogP) is 2.82. The average Bonchev–Trinajstić information content (AvgIpc) is 2.43. The number of nitrogens with zero attached hydrogens (tertiary/aromatic N) is 1. The number of hydrazone groups is 1. The molecule has 0 bridgehead atoms. The molecule has 0 saturated heterocycles. The van der Waals surface area contributed by atoms with E-state index in [0.717, 1.165) is 19.3 Å². The lowest BCUT2D eigenvalue weighted by atomic mass is 10.2. The zero-order valence-corrected chi connectivity index (χ0v) is 12.1. The van der Waals surface area contributed by atoms with Crippen LogP contribution in [-0.4, -0.2) is 23.8 Å². The van der Waals surface area contributed by atoms with Crippen LogP contribution < -0.4 is 10.2 Å². The third-order valence-electron chi connectivity index (χ3n) is 2.73. The molecule has 0 unspecified atom stereocenters. The highest BCUT2D eigenvalue weighted by molar-refractivity contribution is 5.86. The van der Waals surface area contributed by atoms with E-state index in [0.29, 0.717) is 24.3 Å². The summed E-state index contributed by atoms with van der Waals surface area (Å²) >= 11 is 0. The Morgan fingerprint density at radius 1 is 1.40 bits per heavy atom. The molecule has 2 N–H and O–H groups in total. The lowest BCUT2D eigenvalue weighted by Gasteiger charge is -2.07. The van der Waals surface area contributed by atoms with E-state index in [4.69, 9.17) is 4.74 Å². The van der Waals surface area contributed by atoms with Crippen LogP contribution in [0.3, 0.4) is 0 Å². The van der Waals surface area contributed by atoms with Gasteiger partial charge in [0.05, 0.1) is 12.8 Å². The third kappa shape index (κ3) is 5.30. The van der Waals surface area contributed by atoms with E-state index < -0.39 is 0 Å². The number of phenolic OH excluding ortho intramolecular Hbond substituents is 1. The minimum absolute atomic E-state index is 0.0262. The number of hydrogen-bond donors (Lipinski definition) is 2. The Labute approximate surface area is 119 Å². The molecule has 1 aromatic carbocycles. The number of hydrogen-bond acceptors (Lipinski definition) is 4. The number of unbranched alkanes of at least 4 members (excludes halogenated alkanes) is 2. The van der Waals surface area contributed by atoms with Gasteiger partial charge in [-0.15, -0.1) is 0 Å². The molecular weight excluding hydrogens is 256 g/mol. The summed E-state index contributed by atoms with van der Waals surface area (Å²) in [6.07, 6.45) is 4.86. The topological polar surface area (TPSA) is 70.9 Å². The summed E-state index contributed by atoms with van der Waals surface area (Å²) in [6.45, 7) is 4.41.